The summed E-state index contributed by atoms with van der Waals surface area (Å²) in [4.78, 5) is 0. The minimum absolute atomic E-state index is 0.895. The lowest BCUT2D eigenvalue weighted by Crippen LogP contribution is -2.09. The molecule has 62 valence electrons. The minimum atomic E-state index is 0.895. The van der Waals surface area contributed by atoms with Crippen LogP contribution in [-0.4, -0.2) is 7.11 Å². The molecule has 1 aliphatic carbocycles. The highest BCUT2D eigenvalue weighted by molar-refractivity contribution is 5.32. The van der Waals surface area contributed by atoms with E-state index in [4.69, 9.17) is 10.5 Å². The highest BCUT2D eigenvalue weighted by Crippen LogP contribution is 2.24. The molecule has 0 aliphatic heterocycles. The Kier molecular flexibility index (Phi) is 2.58. The highest BCUT2D eigenvalue weighted by atomic mass is 16.5. The molecular weight excluding hydrogens is 138 g/mol. The molecule has 0 aromatic heterocycles. The van der Waals surface area contributed by atoms with Gasteiger partial charge in [0.25, 0.3) is 0 Å². The van der Waals surface area contributed by atoms with Gasteiger partial charge in [0.1, 0.15) is 5.76 Å². The van der Waals surface area contributed by atoms with Crippen molar-refractivity contribution in [3.63, 3.8) is 0 Å². The van der Waals surface area contributed by atoms with Gasteiger partial charge in [0.15, 0.2) is 0 Å². The molecule has 2 N–H and O–H groups in total. The molecule has 0 spiro atoms. The monoisotopic (exact) mass is 153 g/mol. The third kappa shape index (κ3) is 1.56. The number of nitrogens with two attached hydrogens (primary N) is 1. The van der Waals surface area contributed by atoms with Gasteiger partial charge in [-0.05, 0) is 24.8 Å². The van der Waals surface area contributed by atoms with Crippen LogP contribution in [0.15, 0.2) is 23.1 Å². The van der Waals surface area contributed by atoms with E-state index in [2.05, 4.69) is 13.0 Å². The summed E-state index contributed by atoms with van der Waals surface area (Å²) in [5.74, 6) is 0.902. The normalized spacial score (nSPS) is 18.2. The molecule has 0 aromatic carbocycles. The smallest absolute Gasteiger partial charge is 0.140 e. The Morgan fingerprint density at radius 2 is 2.36 bits per heavy atom. The van der Waals surface area contributed by atoms with Crippen molar-refractivity contribution in [3.8, 4) is 0 Å². The Balaban J connectivity index is 2.86. The molecule has 0 amide bonds. The summed E-state index contributed by atoms with van der Waals surface area (Å²) in [6.45, 7) is 2.11. The zero-order chi connectivity index (χ0) is 8.27. The van der Waals surface area contributed by atoms with E-state index in [9.17, 15) is 0 Å². The van der Waals surface area contributed by atoms with Crippen molar-refractivity contribution in [1.82, 2.24) is 0 Å². The van der Waals surface area contributed by atoms with Crippen LogP contribution in [0.1, 0.15) is 26.2 Å². The van der Waals surface area contributed by atoms with Gasteiger partial charge in [-0.25, -0.2) is 0 Å². The van der Waals surface area contributed by atoms with Crippen LogP contribution in [0.5, 0.6) is 0 Å². The fourth-order valence-electron chi connectivity index (χ4n) is 1.38. The lowest BCUT2D eigenvalue weighted by Gasteiger charge is -2.16. The molecule has 2 heteroatoms. The largest absolute Gasteiger partial charge is 0.495 e. The SMILES string of the molecule is CCC1=CCCC(N)=C1OC. The Bertz CT molecular complexity index is 204. The van der Waals surface area contributed by atoms with Gasteiger partial charge in [-0.1, -0.05) is 13.0 Å². The average Bonchev–Trinajstić information content (AvgIpc) is 2.04. The second-order valence-corrected chi connectivity index (χ2v) is 2.68. The number of ether oxygens (including phenoxy) is 1. The first-order chi connectivity index (χ1) is 5.29. The summed E-state index contributed by atoms with van der Waals surface area (Å²) in [6, 6.07) is 0. The van der Waals surface area contributed by atoms with Gasteiger partial charge in [0, 0.05) is 0 Å². The number of rotatable bonds is 2. The van der Waals surface area contributed by atoms with Crippen molar-refractivity contribution in [2.24, 2.45) is 5.73 Å². The summed E-state index contributed by atoms with van der Waals surface area (Å²) in [7, 11) is 1.68. The molecule has 2 nitrogen and oxygen atoms in total. The number of allylic oxidation sites excluding steroid dienone is 3. The molecule has 1 rings (SSSR count). The first-order valence-electron chi connectivity index (χ1n) is 4.01. The average molecular weight is 153 g/mol. The fourth-order valence-corrected chi connectivity index (χ4v) is 1.38. The molecule has 0 radical (unpaired) electrons. The van der Waals surface area contributed by atoms with Crippen LogP contribution in [0, 0.1) is 0 Å². The van der Waals surface area contributed by atoms with Crippen LogP contribution in [0.2, 0.25) is 0 Å². The molecule has 0 unspecified atom stereocenters. The van der Waals surface area contributed by atoms with Crippen molar-refractivity contribution in [2.75, 3.05) is 7.11 Å². The summed E-state index contributed by atoms with van der Waals surface area (Å²) >= 11 is 0. The molecule has 1 aliphatic rings. The Morgan fingerprint density at radius 1 is 1.64 bits per heavy atom. The molecule has 0 atom stereocenters. The van der Waals surface area contributed by atoms with Gasteiger partial charge in [-0.15, -0.1) is 0 Å². The second kappa shape index (κ2) is 3.46. The van der Waals surface area contributed by atoms with Gasteiger partial charge in [-0.3, -0.25) is 0 Å². The third-order valence-electron chi connectivity index (χ3n) is 1.97. The predicted molar refractivity (Wildman–Crippen MR) is 45.8 cm³/mol. The van der Waals surface area contributed by atoms with E-state index in [1.807, 2.05) is 0 Å². The van der Waals surface area contributed by atoms with E-state index in [-0.39, 0.29) is 0 Å². The maximum absolute atomic E-state index is 5.77. The molecule has 0 heterocycles. The minimum Gasteiger partial charge on any atom is -0.495 e. The topological polar surface area (TPSA) is 35.2 Å². The first-order valence-corrected chi connectivity index (χ1v) is 4.01. The fraction of sp³-hybridized carbons (Fsp3) is 0.556. The van der Waals surface area contributed by atoms with Crippen LogP contribution < -0.4 is 5.73 Å². The highest BCUT2D eigenvalue weighted by Gasteiger charge is 2.12. The molecular formula is C9H15NO. The summed E-state index contributed by atoms with van der Waals surface area (Å²) in [5.41, 5.74) is 7.91. The van der Waals surface area contributed by atoms with Crippen LogP contribution in [0.25, 0.3) is 0 Å². The maximum atomic E-state index is 5.77. The van der Waals surface area contributed by atoms with Crippen LogP contribution in [0.3, 0.4) is 0 Å². The second-order valence-electron chi connectivity index (χ2n) is 2.68. The lowest BCUT2D eigenvalue weighted by atomic mass is 10.0. The van der Waals surface area contributed by atoms with E-state index < -0.39 is 0 Å². The predicted octanol–water partition coefficient (Wildman–Crippen LogP) is 1.93. The number of hydrogen-bond acceptors (Lipinski definition) is 2. The first kappa shape index (κ1) is 8.18. The Morgan fingerprint density at radius 3 is 2.82 bits per heavy atom. The summed E-state index contributed by atoms with van der Waals surface area (Å²) < 4.78 is 5.19. The van der Waals surface area contributed by atoms with Crippen LogP contribution in [0.4, 0.5) is 0 Å². The molecule has 0 fully saturated rings. The quantitative estimate of drug-likeness (QED) is 0.658. The maximum Gasteiger partial charge on any atom is 0.140 e. The molecule has 0 bridgehead atoms. The van der Waals surface area contributed by atoms with Crippen LogP contribution >= 0.6 is 0 Å². The molecule has 0 saturated heterocycles. The third-order valence-corrected chi connectivity index (χ3v) is 1.97. The summed E-state index contributed by atoms with van der Waals surface area (Å²) in [5, 5.41) is 0. The van der Waals surface area contributed by atoms with Gasteiger partial charge < -0.3 is 10.5 Å². The van der Waals surface area contributed by atoms with Gasteiger partial charge in [0.05, 0.1) is 12.8 Å². The lowest BCUT2D eigenvalue weighted by molar-refractivity contribution is 0.290. The Labute approximate surface area is 67.7 Å². The molecule has 0 saturated carbocycles. The van der Waals surface area contributed by atoms with E-state index in [0.717, 1.165) is 30.7 Å². The van der Waals surface area contributed by atoms with Gasteiger partial charge >= 0.3 is 0 Å². The van der Waals surface area contributed by atoms with Crippen molar-refractivity contribution in [2.45, 2.75) is 26.2 Å². The summed E-state index contributed by atoms with van der Waals surface area (Å²) in [6.07, 6.45) is 5.20. The van der Waals surface area contributed by atoms with Gasteiger partial charge in [-0.2, -0.15) is 0 Å². The van der Waals surface area contributed by atoms with Crippen molar-refractivity contribution < 1.29 is 4.74 Å². The number of methoxy groups -OCH3 is 1. The van der Waals surface area contributed by atoms with Crippen LogP contribution in [-0.2, 0) is 4.74 Å². The van der Waals surface area contributed by atoms with E-state index in [0.29, 0.717) is 0 Å². The number of hydrogen-bond donors (Lipinski definition) is 1. The van der Waals surface area contributed by atoms with Crippen molar-refractivity contribution in [3.05, 3.63) is 23.1 Å². The van der Waals surface area contributed by atoms with Gasteiger partial charge in [0.2, 0.25) is 0 Å². The molecule has 0 aromatic rings. The van der Waals surface area contributed by atoms with E-state index >= 15 is 0 Å². The van der Waals surface area contributed by atoms with E-state index in [1.165, 1.54) is 5.57 Å². The zero-order valence-electron chi connectivity index (χ0n) is 7.18. The molecule has 11 heavy (non-hydrogen) atoms. The van der Waals surface area contributed by atoms with Crippen molar-refractivity contribution in [1.29, 1.82) is 0 Å². The Hall–Kier alpha value is -0.920. The zero-order valence-corrected chi connectivity index (χ0v) is 7.18. The van der Waals surface area contributed by atoms with E-state index in [1.54, 1.807) is 7.11 Å². The van der Waals surface area contributed by atoms with Crippen molar-refractivity contribution >= 4 is 0 Å². The standard InChI is InChI=1S/C9H15NO/c1-3-7-5-4-6-8(10)9(7)11-2/h5H,3-4,6,10H2,1-2H3.